The molecule has 0 saturated carbocycles. The number of aromatic nitrogens is 2. The normalized spacial score (nSPS) is 14.8. The van der Waals surface area contributed by atoms with Crippen molar-refractivity contribution in [3.63, 3.8) is 0 Å². The molecule has 0 atom stereocenters. The highest BCUT2D eigenvalue weighted by Gasteiger charge is 2.34. The number of hydrogen-bond acceptors (Lipinski definition) is 6. The Bertz CT molecular complexity index is 559. The molecule has 2 heterocycles. The molecule has 0 fully saturated rings. The zero-order valence-electron chi connectivity index (χ0n) is 13.0. The van der Waals surface area contributed by atoms with Crippen LogP contribution in [0.4, 0.5) is 0 Å². The van der Waals surface area contributed by atoms with E-state index < -0.39 is 23.0 Å². The van der Waals surface area contributed by atoms with Crippen LogP contribution in [0.2, 0.25) is 0 Å². The van der Waals surface area contributed by atoms with Gasteiger partial charge in [-0.1, -0.05) is 0 Å². The molecule has 0 aromatic carbocycles. The first-order chi connectivity index (χ1) is 9.46. The average molecular weight is 293 g/mol. The van der Waals surface area contributed by atoms with Crippen LogP contribution in [0.5, 0.6) is 11.8 Å². The minimum absolute atomic E-state index is 0.0412. The van der Waals surface area contributed by atoms with Crippen LogP contribution >= 0.6 is 0 Å². The predicted molar refractivity (Wildman–Crippen MR) is 74.6 cm³/mol. The van der Waals surface area contributed by atoms with Crippen molar-refractivity contribution in [2.45, 2.75) is 52.7 Å². The third kappa shape index (κ3) is 3.48. The second-order valence-corrected chi connectivity index (χ2v) is 6.74. The van der Waals surface area contributed by atoms with Crippen molar-refractivity contribution in [2.24, 2.45) is 0 Å². The summed E-state index contributed by atoms with van der Waals surface area (Å²) < 4.78 is 11.4. The number of nitrogens with zero attached hydrogens (tertiary/aromatic N) is 2. The molecule has 7 heteroatoms. The zero-order valence-corrected chi connectivity index (χ0v) is 13.0. The van der Waals surface area contributed by atoms with Crippen LogP contribution in [0.1, 0.15) is 62.5 Å². The van der Waals surface area contributed by atoms with Crippen LogP contribution in [0.15, 0.2) is 0 Å². The molecule has 0 unspecified atom stereocenters. The monoisotopic (exact) mass is 293 g/mol. The van der Waals surface area contributed by atoms with E-state index in [0.717, 1.165) is 0 Å². The fourth-order valence-corrected chi connectivity index (χ4v) is 1.66. The zero-order chi connectivity index (χ0) is 16.0. The summed E-state index contributed by atoms with van der Waals surface area (Å²) >= 11 is 0. The molecular weight excluding hydrogens is 274 g/mol. The number of ether oxygens (including phenoxy) is 2. The van der Waals surface area contributed by atoms with Gasteiger partial charge in [0.2, 0.25) is 0 Å². The summed E-state index contributed by atoms with van der Waals surface area (Å²) in [5, 5.41) is 2.15. The van der Waals surface area contributed by atoms with Gasteiger partial charge in [0.1, 0.15) is 11.2 Å². The molecule has 1 aliphatic rings. The highest BCUT2D eigenvalue weighted by molar-refractivity contribution is 6.19. The van der Waals surface area contributed by atoms with E-state index in [1.54, 1.807) is 0 Å². The molecule has 0 aliphatic carbocycles. The molecular formula is C14H19N3O4. The smallest absolute Gasteiger partial charge is 0.279 e. The lowest BCUT2D eigenvalue weighted by molar-refractivity contribution is 0.0841. The van der Waals surface area contributed by atoms with Gasteiger partial charge in [-0.15, -0.1) is 0 Å². The van der Waals surface area contributed by atoms with E-state index in [0.29, 0.717) is 0 Å². The molecule has 1 aromatic rings. The lowest BCUT2D eigenvalue weighted by atomic mass is 10.2. The first-order valence-corrected chi connectivity index (χ1v) is 6.62. The van der Waals surface area contributed by atoms with Crippen molar-refractivity contribution < 1.29 is 19.1 Å². The summed E-state index contributed by atoms with van der Waals surface area (Å²) in [5.41, 5.74) is -1.17. The van der Waals surface area contributed by atoms with Crippen LogP contribution in [-0.4, -0.2) is 33.0 Å². The van der Waals surface area contributed by atoms with E-state index in [-0.39, 0.29) is 23.1 Å². The largest absolute Gasteiger partial charge is 0.468 e. The number of rotatable bonds is 2. The standard InChI is InChI=1S/C14H19N3O4/c1-13(2,3)20-11-12(21-14(4,5)6)16-8-7(15-11)9(18)17-10(8)19/h1-6H3,(H,17,18,19). The van der Waals surface area contributed by atoms with Crippen molar-refractivity contribution in [1.82, 2.24) is 15.3 Å². The van der Waals surface area contributed by atoms with E-state index in [9.17, 15) is 9.59 Å². The van der Waals surface area contributed by atoms with Crippen molar-refractivity contribution in [1.29, 1.82) is 0 Å². The first kappa shape index (κ1) is 15.2. The summed E-state index contributed by atoms with van der Waals surface area (Å²) in [6, 6.07) is 0. The number of carbonyl (C=O) groups excluding carboxylic acids is 2. The maximum Gasteiger partial charge on any atom is 0.279 e. The van der Waals surface area contributed by atoms with Gasteiger partial charge in [-0.2, -0.15) is 0 Å². The van der Waals surface area contributed by atoms with Crippen LogP contribution < -0.4 is 14.8 Å². The number of fused-ring (bicyclic) bond motifs is 1. The SMILES string of the molecule is CC(C)(C)Oc1nc2c(nc1OC(C)(C)C)C(=O)NC2=O. The van der Waals surface area contributed by atoms with Gasteiger partial charge in [0.25, 0.3) is 23.6 Å². The maximum atomic E-state index is 11.7. The third-order valence-corrected chi connectivity index (χ3v) is 2.30. The average Bonchev–Trinajstić information content (AvgIpc) is 2.51. The molecule has 114 valence electrons. The van der Waals surface area contributed by atoms with Crippen molar-refractivity contribution in [2.75, 3.05) is 0 Å². The minimum Gasteiger partial charge on any atom is -0.468 e. The number of nitrogens with one attached hydrogen (secondary N) is 1. The molecule has 2 rings (SSSR count). The topological polar surface area (TPSA) is 90.4 Å². The molecule has 1 aromatic heterocycles. The van der Waals surface area contributed by atoms with Gasteiger partial charge in [0.15, 0.2) is 11.4 Å². The summed E-state index contributed by atoms with van der Waals surface area (Å²) in [5.74, 6) is -0.964. The van der Waals surface area contributed by atoms with Gasteiger partial charge in [-0.25, -0.2) is 9.97 Å². The Morgan fingerprint density at radius 1 is 0.762 bits per heavy atom. The Hall–Kier alpha value is -2.18. The molecule has 0 saturated heterocycles. The fraction of sp³-hybridized carbons (Fsp3) is 0.571. The second kappa shape index (κ2) is 4.68. The maximum absolute atomic E-state index is 11.7. The van der Waals surface area contributed by atoms with Crippen LogP contribution in [-0.2, 0) is 0 Å². The quantitative estimate of drug-likeness (QED) is 0.835. The molecule has 0 radical (unpaired) electrons. The molecule has 21 heavy (non-hydrogen) atoms. The van der Waals surface area contributed by atoms with Crippen molar-refractivity contribution in [3.8, 4) is 11.8 Å². The van der Waals surface area contributed by atoms with Gasteiger partial charge in [0, 0.05) is 0 Å². The number of amides is 2. The van der Waals surface area contributed by atoms with Crippen LogP contribution in [0.25, 0.3) is 0 Å². The van der Waals surface area contributed by atoms with Gasteiger partial charge < -0.3 is 9.47 Å². The van der Waals surface area contributed by atoms with Gasteiger partial charge in [-0.05, 0) is 41.5 Å². The Labute approximate surface area is 123 Å². The van der Waals surface area contributed by atoms with E-state index in [4.69, 9.17) is 9.47 Å². The van der Waals surface area contributed by atoms with Gasteiger partial charge in [-0.3, -0.25) is 14.9 Å². The fourth-order valence-electron chi connectivity index (χ4n) is 1.66. The lowest BCUT2D eigenvalue weighted by Gasteiger charge is -2.25. The van der Waals surface area contributed by atoms with Gasteiger partial charge >= 0.3 is 0 Å². The highest BCUT2D eigenvalue weighted by Crippen LogP contribution is 2.31. The Morgan fingerprint density at radius 2 is 1.10 bits per heavy atom. The molecule has 1 aliphatic heterocycles. The number of carbonyl (C=O) groups is 2. The summed E-state index contributed by atoms with van der Waals surface area (Å²) in [7, 11) is 0. The van der Waals surface area contributed by atoms with E-state index >= 15 is 0 Å². The van der Waals surface area contributed by atoms with Crippen LogP contribution in [0.3, 0.4) is 0 Å². The summed E-state index contributed by atoms with van der Waals surface area (Å²) in [6.45, 7) is 11.0. The molecule has 7 nitrogen and oxygen atoms in total. The predicted octanol–water partition coefficient (Wildman–Crippen LogP) is 1.71. The lowest BCUT2D eigenvalue weighted by Crippen LogP contribution is -2.28. The Kier molecular flexibility index (Phi) is 3.39. The van der Waals surface area contributed by atoms with E-state index in [2.05, 4.69) is 15.3 Å². The van der Waals surface area contributed by atoms with E-state index in [1.807, 2.05) is 41.5 Å². The second-order valence-electron chi connectivity index (χ2n) is 6.74. The summed E-state index contributed by atoms with van der Waals surface area (Å²) in [4.78, 5) is 31.5. The molecule has 1 N–H and O–H groups in total. The first-order valence-electron chi connectivity index (χ1n) is 6.62. The summed E-state index contributed by atoms with van der Waals surface area (Å²) in [6.07, 6.45) is 0. The Balaban J connectivity index is 2.53. The highest BCUT2D eigenvalue weighted by atomic mass is 16.6. The Morgan fingerprint density at radius 3 is 1.38 bits per heavy atom. The van der Waals surface area contributed by atoms with Crippen molar-refractivity contribution >= 4 is 11.8 Å². The third-order valence-electron chi connectivity index (χ3n) is 2.30. The van der Waals surface area contributed by atoms with E-state index in [1.165, 1.54) is 0 Å². The minimum atomic E-state index is -0.580. The van der Waals surface area contributed by atoms with Crippen molar-refractivity contribution in [3.05, 3.63) is 11.4 Å². The molecule has 0 spiro atoms. The van der Waals surface area contributed by atoms with Gasteiger partial charge in [0.05, 0.1) is 0 Å². The molecule has 0 bridgehead atoms. The molecule has 2 amide bonds. The number of imide groups is 1. The number of hydrogen-bond donors (Lipinski definition) is 1. The van der Waals surface area contributed by atoms with Crippen LogP contribution in [0, 0.1) is 0 Å².